The van der Waals surface area contributed by atoms with Crippen molar-refractivity contribution in [2.24, 2.45) is 29.1 Å². The topological polar surface area (TPSA) is 18.5 Å². The quantitative estimate of drug-likeness (QED) is 0.301. The van der Waals surface area contributed by atoms with Gasteiger partial charge in [-0.2, -0.15) is 0 Å². The van der Waals surface area contributed by atoms with Crippen LogP contribution in [0.25, 0.3) is 0 Å². The SMILES string of the molecule is C[C@H](C[C@@H]1C=C[C@](C)(O[Si](C)(C)C)C1)[C@H]1CCC2C(O[Si](C)(C)C)CCC[C@@]21C. The molecule has 0 spiro atoms. The molecule has 168 valence electrons. The van der Waals surface area contributed by atoms with E-state index in [1.807, 2.05) is 0 Å². The van der Waals surface area contributed by atoms with Gasteiger partial charge >= 0.3 is 0 Å². The van der Waals surface area contributed by atoms with Crippen molar-refractivity contribution in [3.63, 3.8) is 0 Å². The highest BCUT2D eigenvalue weighted by Crippen LogP contribution is 2.59. The van der Waals surface area contributed by atoms with Gasteiger partial charge in [-0.15, -0.1) is 0 Å². The van der Waals surface area contributed by atoms with Crippen LogP contribution < -0.4 is 0 Å². The summed E-state index contributed by atoms with van der Waals surface area (Å²) >= 11 is 0. The Kier molecular flexibility index (Phi) is 6.73. The second kappa shape index (κ2) is 8.22. The van der Waals surface area contributed by atoms with E-state index < -0.39 is 16.6 Å². The molecule has 7 atom stereocenters. The number of allylic oxidation sites excluding steroid dienone is 1. The summed E-state index contributed by atoms with van der Waals surface area (Å²) in [6.45, 7) is 21.5. The summed E-state index contributed by atoms with van der Waals surface area (Å²) in [4.78, 5) is 0. The summed E-state index contributed by atoms with van der Waals surface area (Å²) in [5.41, 5.74) is 0.459. The van der Waals surface area contributed by atoms with Crippen molar-refractivity contribution in [2.45, 2.75) is 117 Å². The molecule has 0 amide bonds. The third-order valence-corrected chi connectivity index (χ3v) is 10.0. The summed E-state index contributed by atoms with van der Waals surface area (Å²) in [7, 11) is -2.99. The highest BCUT2D eigenvalue weighted by atomic mass is 28.4. The summed E-state index contributed by atoms with van der Waals surface area (Å²) in [5, 5.41) is 0. The average Bonchev–Trinajstić information content (AvgIpc) is 3.04. The molecule has 2 fully saturated rings. The fraction of sp³-hybridized carbons (Fsp3) is 0.920. The molecule has 3 aliphatic carbocycles. The van der Waals surface area contributed by atoms with Gasteiger partial charge in [0.25, 0.3) is 0 Å². The van der Waals surface area contributed by atoms with Gasteiger partial charge in [0.1, 0.15) is 0 Å². The van der Waals surface area contributed by atoms with Crippen molar-refractivity contribution < 1.29 is 8.85 Å². The first-order chi connectivity index (χ1) is 13.2. The molecule has 2 nitrogen and oxygen atoms in total. The van der Waals surface area contributed by atoms with Crippen LogP contribution in [0.1, 0.15) is 65.7 Å². The van der Waals surface area contributed by atoms with Crippen LogP contribution in [0.5, 0.6) is 0 Å². The smallest absolute Gasteiger partial charge is 0.184 e. The average molecular weight is 437 g/mol. The molecule has 0 aromatic carbocycles. The van der Waals surface area contributed by atoms with Crippen molar-refractivity contribution in [3.05, 3.63) is 12.2 Å². The van der Waals surface area contributed by atoms with Crippen LogP contribution >= 0.6 is 0 Å². The van der Waals surface area contributed by atoms with Crippen molar-refractivity contribution >= 4 is 16.6 Å². The Morgan fingerprint density at radius 3 is 2.31 bits per heavy atom. The lowest BCUT2D eigenvalue weighted by Crippen LogP contribution is -2.46. The number of fused-ring (bicyclic) bond motifs is 1. The molecule has 0 bridgehead atoms. The van der Waals surface area contributed by atoms with Crippen LogP contribution in [0, 0.1) is 29.1 Å². The van der Waals surface area contributed by atoms with E-state index in [-0.39, 0.29) is 5.60 Å². The normalized spacial score (nSPS) is 41.6. The van der Waals surface area contributed by atoms with Crippen LogP contribution in [-0.2, 0) is 8.85 Å². The van der Waals surface area contributed by atoms with Crippen LogP contribution in [0.4, 0.5) is 0 Å². The Labute approximate surface area is 183 Å². The molecule has 0 aliphatic heterocycles. The highest BCUT2D eigenvalue weighted by molar-refractivity contribution is 6.70. The second-order valence-electron chi connectivity index (χ2n) is 13.0. The maximum atomic E-state index is 6.71. The molecule has 0 heterocycles. The summed E-state index contributed by atoms with van der Waals surface area (Å²) in [5.74, 6) is 3.12. The van der Waals surface area contributed by atoms with Gasteiger partial charge in [0, 0.05) is 6.10 Å². The predicted octanol–water partition coefficient (Wildman–Crippen LogP) is 7.64. The van der Waals surface area contributed by atoms with Gasteiger partial charge in [0.15, 0.2) is 16.6 Å². The Bertz CT molecular complexity index is 605. The van der Waals surface area contributed by atoms with Gasteiger partial charge < -0.3 is 8.85 Å². The van der Waals surface area contributed by atoms with Gasteiger partial charge in [-0.1, -0.05) is 32.4 Å². The van der Waals surface area contributed by atoms with Gasteiger partial charge in [-0.3, -0.25) is 0 Å². The molecule has 0 radical (unpaired) electrons. The Hall–Kier alpha value is 0.0938. The van der Waals surface area contributed by atoms with Gasteiger partial charge in [-0.25, -0.2) is 0 Å². The lowest BCUT2D eigenvalue weighted by Gasteiger charge is -2.48. The van der Waals surface area contributed by atoms with Gasteiger partial charge in [0.05, 0.1) is 5.60 Å². The van der Waals surface area contributed by atoms with E-state index >= 15 is 0 Å². The molecule has 3 rings (SSSR count). The van der Waals surface area contributed by atoms with Crippen LogP contribution in [0.2, 0.25) is 39.3 Å². The summed E-state index contributed by atoms with van der Waals surface area (Å²) < 4.78 is 13.2. The minimum absolute atomic E-state index is 0.0297. The van der Waals surface area contributed by atoms with Gasteiger partial charge in [-0.05, 0) is 114 Å². The third kappa shape index (κ3) is 5.67. The molecule has 4 heteroatoms. The van der Waals surface area contributed by atoms with Crippen molar-refractivity contribution in [1.29, 1.82) is 0 Å². The van der Waals surface area contributed by atoms with Crippen molar-refractivity contribution in [2.75, 3.05) is 0 Å². The lowest BCUT2D eigenvalue weighted by atomic mass is 9.61. The van der Waals surface area contributed by atoms with Crippen LogP contribution in [-0.4, -0.2) is 28.3 Å². The molecular weight excluding hydrogens is 388 g/mol. The van der Waals surface area contributed by atoms with E-state index in [9.17, 15) is 0 Å². The number of rotatable bonds is 7. The first kappa shape index (κ1) is 23.8. The van der Waals surface area contributed by atoms with Gasteiger partial charge in [0.2, 0.25) is 0 Å². The molecule has 0 N–H and O–H groups in total. The monoisotopic (exact) mass is 436 g/mol. The van der Waals surface area contributed by atoms with Crippen LogP contribution in [0.3, 0.4) is 0 Å². The Morgan fingerprint density at radius 2 is 1.69 bits per heavy atom. The van der Waals surface area contributed by atoms with E-state index in [1.165, 1.54) is 44.9 Å². The van der Waals surface area contributed by atoms with Crippen LogP contribution in [0.15, 0.2) is 12.2 Å². The largest absolute Gasteiger partial charge is 0.414 e. The molecule has 0 aromatic rings. The minimum Gasteiger partial charge on any atom is -0.414 e. The Balaban J connectivity index is 1.62. The summed E-state index contributed by atoms with van der Waals surface area (Å²) in [6, 6.07) is 0. The fourth-order valence-corrected chi connectivity index (χ4v) is 10.0. The standard InChI is InChI=1S/C25H48O2Si2/c1-19(17-20-14-16-24(2,18-20)27-29(7,8)9)21-12-13-22-23(26-28(4,5)6)11-10-15-25(21,22)3/h14,16,19-23H,10-13,15,17-18H2,1-9H3/t19-,20+,21-,22?,23?,24+,25-/m1/s1. The molecule has 2 saturated carbocycles. The zero-order valence-electron chi connectivity index (χ0n) is 20.8. The molecule has 29 heavy (non-hydrogen) atoms. The van der Waals surface area contributed by atoms with Crippen molar-refractivity contribution in [1.82, 2.24) is 0 Å². The van der Waals surface area contributed by atoms with E-state index in [4.69, 9.17) is 8.85 Å². The van der Waals surface area contributed by atoms with E-state index in [0.29, 0.717) is 17.4 Å². The zero-order chi connectivity index (χ0) is 21.7. The molecular formula is C25H48O2Si2. The van der Waals surface area contributed by atoms with E-state index in [2.05, 4.69) is 72.2 Å². The molecule has 3 aliphatic rings. The first-order valence-corrected chi connectivity index (χ1v) is 19.1. The first-order valence-electron chi connectivity index (χ1n) is 12.3. The lowest BCUT2D eigenvalue weighted by molar-refractivity contribution is -0.0199. The number of hydrogen-bond acceptors (Lipinski definition) is 2. The van der Waals surface area contributed by atoms with E-state index in [0.717, 1.165) is 17.8 Å². The molecule has 0 saturated heterocycles. The summed E-state index contributed by atoms with van der Waals surface area (Å²) in [6.07, 6.45) is 14.7. The third-order valence-electron chi connectivity index (χ3n) is 7.93. The van der Waals surface area contributed by atoms with Crippen molar-refractivity contribution in [3.8, 4) is 0 Å². The zero-order valence-corrected chi connectivity index (χ0v) is 22.8. The Morgan fingerprint density at radius 1 is 1.00 bits per heavy atom. The number of hydrogen-bond donors (Lipinski definition) is 0. The second-order valence-corrected chi connectivity index (χ2v) is 21.9. The molecule has 0 aromatic heterocycles. The minimum atomic E-state index is -1.51. The fourth-order valence-electron chi connectivity index (χ4n) is 7.27. The predicted molar refractivity (Wildman–Crippen MR) is 130 cm³/mol. The maximum absolute atomic E-state index is 6.71. The molecule has 2 unspecified atom stereocenters. The van der Waals surface area contributed by atoms with E-state index in [1.54, 1.807) is 0 Å². The highest BCUT2D eigenvalue weighted by Gasteiger charge is 2.53. The maximum Gasteiger partial charge on any atom is 0.184 e.